The van der Waals surface area contributed by atoms with Gasteiger partial charge in [-0.25, -0.2) is 0 Å². The fraction of sp³-hybridized carbons (Fsp3) is 1.00. The summed E-state index contributed by atoms with van der Waals surface area (Å²) in [5.74, 6) is 0.712. The molecule has 1 aliphatic heterocycles. The summed E-state index contributed by atoms with van der Waals surface area (Å²) in [6, 6.07) is 0.554. The zero-order valence-electron chi connectivity index (χ0n) is 8.85. The number of hydrogen-bond acceptors (Lipinski definition) is 2. The first kappa shape index (κ1) is 10.0. The van der Waals surface area contributed by atoms with E-state index in [-0.39, 0.29) is 6.23 Å². The SMILES string of the molecule is CO[C@H]1CC(C)(C)[C@@H](C)C(C)N1. The van der Waals surface area contributed by atoms with E-state index >= 15 is 0 Å². The summed E-state index contributed by atoms with van der Waals surface area (Å²) in [6.07, 6.45) is 1.35. The molecule has 1 rings (SSSR count). The molecule has 1 aliphatic rings. The van der Waals surface area contributed by atoms with Gasteiger partial charge in [-0.1, -0.05) is 20.8 Å². The predicted octanol–water partition coefficient (Wildman–Crippen LogP) is 2.00. The fourth-order valence-corrected chi connectivity index (χ4v) is 1.99. The van der Waals surface area contributed by atoms with Crippen LogP contribution in [0.15, 0.2) is 0 Å². The second-order valence-electron chi connectivity index (χ2n) is 4.66. The van der Waals surface area contributed by atoms with Crippen LogP contribution in [0.5, 0.6) is 0 Å². The minimum Gasteiger partial charge on any atom is -0.367 e. The summed E-state index contributed by atoms with van der Waals surface area (Å²) >= 11 is 0. The number of ether oxygens (including phenoxy) is 1. The highest BCUT2D eigenvalue weighted by molar-refractivity contribution is 4.89. The van der Waals surface area contributed by atoms with Gasteiger partial charge in [0.05, 0.1) is 0 Å². The van der Waals surface area contributed by atoms with Crippen molar-refractivity contribution in [1.29, 1.82) is 0 Å². The molecule has 1 N–H and O–H groups in total. The van der Waals surface area contributed by atoms with Crippen LogP contribution in [0, 0.1) is 11.3 Å². The van der Waals surface area contributed by atoms with Gasteiger partial charge in [0.15, 0.2) is 0 Å². The van der Waals surface area contributed by atoms with Crippen LogP contribution in [0.3, 0.4) is 0 Å². The van der Waals surface area contributed by atoms with Crippen molar-refractivity contribution < 1.29 is 4.74 Å². The first-order valence-corrected chi connectivity index (χ1v) is 4.76. The number of nitrogens with one attached hydrogen (secondary N) is 1. The second-order valence-corrected chi connectivity index (χ2v) is 4.66. The molecule has 0 aromatic rings. The third kappa shape index (κ3) is 1.80. The van der Waals surface area contributed by atoms with Gasteiger partial charge >= 0.3 is 0 Å². The molecule has 2 heteroatoms. The summed E-state index contributed by atoms with van der Waals surface area (Å²) in [5.41, 5.74) is 0.394. The van der Waals surface area contributed by atoms with Crippen molar-refractivity contribution in [2.45, 2.75) is 46.4 Å². The summed E-state index contributed by atoms with van der Waals surface area (Å²) < 4.78 is 5.33. The molecule has 1 unspecified atom stereocenters. The Balaban J connectivity index is 2.65. The van der Waals surface area contributed by atoms with Crippen molar-refractivity contribution in [2.75, 3.05) is 7.11 Å². The molecular weight excluding hydrogens is 150 g/mol. The molecule has 0 radical (unpaired) electrons. The van der Waals surface area contributed by atoms with Crippen molar-refractivity contribution in [1.82, 2.24) is 5.32 Å². The molecule has 0 aliphatic carbocycles. The van der Waals surface area contributed by atoms with Gasteiger partial charge in [-0.3, -0.25) is 5.32 Å². The van der Waals surface area contributed by atoms with E-state index in [9.17, 15) is 0 Å². The van der Waals surface area contributed by atoms with E-state index in [1.165, 1.54) is 0 Å². The zero-order chi connectivity index (χ0) is 9.35. The largest absolute Gasteiger partial charge is 0.367 e. The lowest BCUT2D eigenvalue weighted by molar-refractivity contribution is -0.0339. The third-order valence-corrected chi connectivity index (χ3v) is 3.43. The van der Waals surface area contributed by atoms with E-state index in [1.807, 2.05) is 0 Å². The monoisotopic (exact) mass is 171 g/mol. The van der Waals surface area contributed by atoms with Gasteiger partial charge < -0.3 is 4.74 Å². The lowest BCUT2D eigenvalue weighted by Crippen LogP contribution is -2.53. The van der Waals surface area contributed by atoms with Gasteiger partial charge in [-0.2, -0.15) is 0 Å². The van der Waals surface area contributed by atoms with Gasteiger partial charge in [0, 0.05) is 13.2 Å². The van der Waals surface area contributed by atoms with E-state index in [4.69, 9.17) is 4.74 Å². The maximum Gasteiger partial charge on any atom is 0.108 e. The molecule has 2 nitrogen and oxygen atoms in total. The average molecular weight is 171 g/mol. The highest BCUT2D eigenvalue weighted by atomic mass is 16.5. The van der Waals surface area contributed by atoms with Crippen LogP contribution in [-0.4, -0.2) is 19.4 Å². The fourth-order valence-electron chi connectivity index (χ4n) is 1.99. The highest BCUT2D eigenvalue weighted by Crippen LogP contribution is 2.37. The minimum atomic E-state index is 0.242. The lowest BCUT2D eigenvalue weighted by atomic mass is 9.71. The first-order chi connectivity index (χ1) is 5.47. The van der Waals surface area contributed by atoms with Gasteiger partial charge in [-0.05, 0) is 24.7 Å². The molecule has 1 saturated heterocycles. The van der Waals surface area contributed by atoms with Crippen LogP contribution >= 0.6 is 0 Å². The topological polar surface area (TPSA) is 21.3 Å². The van der Waals surface area contributed by atoms with Crippen LogP contribution < -0.4 is 5.32 Å². The van der Waals surface area contributed by atoms with Crippen LogP contribution in [0.4, 0.5) is 0 Å². The van der Waals surface area contributed by atoms with Crippen molar-refractivity contribution in [2.24, 2.45) is 11.3 Å². The molecular formula is C10H21NO. The molecule has 0 saturated carbocycles. The Morgan fingerprint density at radius 1 is 1.33 bits per heavy atom. The molecule has 0 amide bonds. The Labute approximate surface area is 75.7 Å². The number of rotatable bonds is 1. The number of hydrogen-bond donors (Lipinski definition) is 1. The summed E-state index contributed by atoms with van der Waals surface area (Å²) in [6.45, 7) is 9.18. The van der Waals surface area contributed by atoms with Crippen LogP contribution in [0.1, 0.15) is 34.1 Å². The Morgan fingerprint density at radius 2 is 1.92 bits per heavy atom. The van der Waals surface area contributed by atoms with Crippen molar-refractivity contribution in [3.05, 3.63) is 0 Å². The first-order valence-electron chi connectivity index (χ1n) is 4.76. The zero-order valence-corrected chi connectivity index (χ0v) is 8.85. The van der Waals surface area contributed by atoms with Crippen LogP contribution in [-0.2, 0) is 4.74 Å². The minimum absolute atomic E-state index is 0.242. The Kier molecular flexibility index (Phi) is 2.79. The third-order valence-electron chi connectivity index (χ3n) is 3.43. The maximum absolute atomic E-state index is 5.33. The standard InChI is InChI=1S/C10H21NO/c1-7-8(2)11-9(12-5)6-10(7,3)4/h7-9,11H,6H2,1-5H3/t7-,8?,9-/m0/s1. The second kappa shape index (κ2) is 3.35. The average Bonchev–Trinajstić information content (AvgIpc) is 1.99. The Bertz CT molecular complexity index is 156. The van der Waals surface area contributed by atoms with Gasteiger partial charge in [-0.15, -0.1) is 0 Å². The Hall–Kier alpha value is -0.0800. The van der Waals surface area contributed by atoms with E-state index in [1.54, 1.807) is 7.11 Å². The summed E-state index contributed by atoms with van der Waals surface area (Å²) in [5, 5.41) is 3.45. The van der Waals surface area contributed by atoms with Gasteiger partial charge in [0.25, 0.3) is 0 Å². The normalized spacial score (nSPS) is 41.2. The molecule has 0 spiro atoms. The van der Waals surface area contributed by atoms with E-state index < -0.39 is 0 Å². The molecule has 1 fully saturated rings. The quantitative estimate of drug-likeness (QED) is 0.651. The molecule has 0 aromatic carbocycles. The van der Waals surface area contributed by atoms with Crippen LogP contribution in [0.2, 0.25) is 0 Å². The maximum atomic E-state index is 5.33. The molecule has 72 valence electrons. The summed E-state index contributed by atoms with van der Waals surface area (Å²) in [4.78, 5) is 0. The lowest BCUT2D eigenvalue weighted by Gasteiger charge is -2.45. The van der Waals surface area contributed by atoms with Crippen LogP contribution in [0.25, 0.3) is 0 Å². The molecule has 1 heterocycles. The van der Waals surface area contributed by atoms with Gasteiger partial charge in [0.2, 0.25) is 0 Å². The van der Waals surface area contributed by atoms with Gasteiger partial charge in [0.1, 0.15) is 6.23 Å². The molecule has 3 atom stereocenters. The van der Waals surface area contributed by atoms with Crippen molar-refractivity contribution in [3.8, 4) is 0 Å². The molecule has 0 bridgehead atoms. The van der Waals surface area contributed by atoms with E-state index in [2.05, 4.69) is 33.0 Å². The van der Waals surface area contributed by atoms with Crippen molar-refractivity contribution in [3.63, 3.8) is 0 Å². The number of piperidine rings is 1. The predicted molar refractivity (Wildman–Crippen MR) is 51.0 cm³/mol. The molecule has 12 heavy (non-hydrogen) atoms. The molecule has 0 aromatic heterocycles. The summed E-state index contributed by atoms with van der Waals surface area (Å²) in [7, 11) is 1.77. The smallest absolute Gasteiger partial charge is 0.108 e. The van der Waals surface area contributed by atoms with E-state index in [0.29, 0.717) is 17.4 Å². The van der Waals surface area contributed by atoms with Crippen molar-refractivity contribution >= 4 is 0 Å². The number of methoxy groups -OCH3 is 1. The highest BCUT2D eigenvalue weighted by Gasteiger charge is 2.37. The Morgan fingerprint density at radius 3 is 2.33 bits per heavy atom. The van der Waals surface area contributed by atoms with E-state index in [0.717, 1.165) is 6.42 Å².